The summed E-state index contributed by atoms with van der Waals surface area (Å²) in [5.74, 6) is 0.406. The van der Waals surface area contributed by atoms with Crippen molar-refractivity contribution >= 4 is 21.9 Å². The van der Waals surface area contributed by atoms with E-state index in [0.29, 0.717) is 6.61 Å². The highest BCUT2D eigenvalue weighted by Gasteiger charge is 2.17. The lowest BCUT2D eigenvalue weighted by Gasteiger charge is -2.17. The Morgan fingerprint density at radius 1 is 1.35 bits per heavy atom. The van der Waals surface area contributed by atoms with Crippen molar-refractivity contribution in [3.63, 3.8) is 0 Å². The average molecular weight is 301 g/mol. The molecule has 0 heterocycles. The number of halogens is 1. The quantitative estimate of drug-likeness (QED) is 0.800. The highest BCUT2D eigenvalue weighted by molar-refractivity contribution is 9.10. The summed E-state index contributed by atoms with van der Waals surface area (Å²) in [6.07, 6.45) is -0.589. The number of benzene rings is 1. The van der Waals surface area contributed by atoms with Gasteiger partial charge >= 0.3 is 5.97 Å². The van der Waals surface area contributed by atoms with Crippen molar-refractivity contribution in [2.24, 2.45) is 0 Å². The maximum absolute atomic E-state index is 11.5. The van der Waals surface area contributed by atoms with Crippen LogP contribution in [0.1, 0.15) is 25.0 Å². The highest BCUT2D eigenvalue weighted by Crippen LogP contribution is 2.28. The second kappa shape index (κ2) is 6.05. The topological polar surface area (TPSA) is 35.5 Å². The number of ether oxygens (including phenoxy) is 2. The fraction of sp³-hybridized carbons (Fsp3) is 0.462. The molecule has 4 heteroatoms. The number of carbonyl (C=O) groups excluding carboxylic acids is 1. The fourth-order valence-electron chi connectivity index (χ4n) is 1.57. The van der Waals surface area contributed by atoms with Gasteiger partial charge in [0.1, 0.15) is 5.75 Å². The molecule has 1 rings (SSSR count). The zero-order chi connectivity index (χ0) is 13.0. The van der Waals surface area contributed by atoms with E-state index in [9.17, 15) is 4.79 Å². The summed E-state index contributed by atoms with van der Waals surface area (Å²) >= 11 is 3.42. The van der Waals surface area contributed by atoms with Gasteiger partial charge in [-0.25, -0.2) is 4.79 Å². The molecule has 0 aromatic heterocycles. The Bertz CT molecular complexity index is 392. The molecule has 1 aromatic carbocycles. The number of hydrogen-bond acceptors (Lipinski definition) is 3. The van der Waals surface area contributed by atoms with Crippen LogP contribution in [0.3, 0.4) is 0 Å². The van der Waals surface area contributed by atoms with Crippen LogP contribution < -0.4 is 4.74 Å². The van der Waals surface area contributed by atoms with Gasteiger partial charge in [0.15, 0.2) is 6.10 Å². The molecule has 0 aliphatic heterocycles. The van der Waals surface area contributed by atoms with Crippen LogP contribution in [0.4, 0.5) is 0 Å². The van der Waals surface area contributed by atoms with Crippen LogP contribution in [0, 0.1) is 13.8 Å². The third-order valence-corrected chi connectivity index (χ3v) is 2.80. The van der Waals surface area contributed by atoms with E-state index in [4.69, 9.17) is 9.47 Å². The maximum Gasteiger partial charge on any atom is 0.347 e. The lowest BCUT2D eigenvalue weighted by molar-refractivity contribution is -0.150. The first-order valence-electron chi connectivity index (χ1n) is 5.55. The molecule has 17 heavy (non-hydrogen) atoms. The molecule has 0 aliphatic carbocycles. The molecule has 3 nitrogen and oxygen atoms in total. The van der Waals surface area contributed by atoms with Crippen molar-refractivity contribution in [3.8, 4) is 5.75 Å². The Kier molecular flexibility index (Phi) is 5.00. The average Bonchev–Trinajstić information content (AvgIpc) is 2.23. The maximum atomic E-state index is 11.5. The zero-order valence-electron chi connectivity index (χ0n) is 10.5. The van der Waals surface area contributed by atoms with Crippen LogP contribution in [0.15, 0.2) is 16.6 Å². The van der Waals surface area contributed by atoms with Gasteiger partial charge in [0.2, 0.25) is 0 Å². The van der Waals surface area contributed by atoms with E-state index >= 15 is 0 Å². The number of hydrogen-bond donors (Lipinski definition) is 0. The Balaban J connectivity index is 2.85. The molecule has 94 valence electrons. The lowest BCUT2D eigenvalue weighted by Crippen LogP contribution is -2.26. The molecule has 1 aromatic rings. The van der Waals surface area contributed by atoms with Crippen LogP contribution in [0.5, 0.6) is 5.75 Å². The molecular formula is C13H17BrO3. The van der Waals surface area contributed by atoms with Gasteiger partial charge in [0.05, 0.1) is 6.61 Å². The summed E-state index contributed by atoms with van der Waals surface area (Å²) in [5, 5.41) is 0. The van der Waals surface area contributed by atoms with Gasteiger partial charge in [-0.05, 0) is 51.0 Å². The summed E-state index contributed by atoms with van der Waals surface area (Å²) in [5.41, 5.74) is 1.99. The van der Waals surface area contributed by atoms with Crippen LogP contribution >= 0.6 is 15.9 Å². The predicted octanol–water partition coefficient (Wildman–Crippen LogP) is 3.40. The van der Waals surface area contributed by atoms with Crippen molar-refractivity contribution < 1.29 is 14.3 Å². The van der Waals surface area contributed by atoms with E-state index in [1.165, 1.54) is 0 Å². The second-order valence-electron chi connectivity index (χ2n) is 3.88. The molecule has 1 atom stereocenters. The van der Waals surface area contributed by atoms with Gasteiger partial charge in [-0.3, -0.25) is 0 Å². The van der Waals surface area contributed by atoms with Gasteiger partial charge < -0.3 is 9.47 Å². The van der Waals surface area contributed by atoms with Gasteiger partial charge in [-0.2, -0.15) is 0 Å². The first kappa shape index (κ1) is 14.0. The van der Waals surface area contributed by atoms with Crippen LogP contribution in [-0.2, 0) is 9.53 Å². The van der Waals surface area contributed by atoms with Crippen molar-refractivity contribution in [3.05, 3.63) is 27.7 Å². The van der Waals surface area contributed by atoms with Gasteiger partial charge in [0, 0.05) is 4.47 Å². The Labute approximate surface area is 110 Å². The van der Waals surface area contributed by atoms with Gasteiger partial charge in [-0.1, -0.05) is 15.9 Å². The van der Waals surface area contributed by atoms with E-state index in [2.05, 4.69) is 15.9 Å². The van der Waals surface area contributed by atoms with Crippen molar-refractivity contribution in [2.75, 3.05) is 6.61 Å². The van der Waals surface area contributed by atoms with Crippen molar-refractivity contribution in [2.45, 2.75) is 33.8 Å². The van der Waals surface area contributed by atoms with E-state index in [1.54, 1.807) is 13.8 Å². The smallest absolute Gasteiger partial charge is 0.347 e. The number of esters is 1. The first-order chi connectivity index (χ1) is 7.95. The number of carbonyl (C=O) groups is 1. The third kappa shape index (κ3) is 3.73. The minimum atomic E-state index is -0.589. The summed E-state index contributed by atoms with van der Waals surface area (Å²) in [6.45, 7) is 7.74. The standard InChI is InChI=1S/C13H17BrO3/c1-5-16-13(15)10(4)17-12-8(2)6-11(14)7-9(12)3/h6-7,10H,5H2,1-4H3/t10-/m0/s1. The molecule has 0 amide bonds. The van der Waals surface area contributed by atoms with E-state index < -0.39 is 6.10 Å². The monoisotopic (exact) mass is 300 g/mol. The Hall–Kier alpha value is -1.03. The van der Waals surface area contributed by atoms with E-state index in [0.717, 1.165) is 21.3 Å². The molecule has 0 saturated heterocycles. The minimum absolute atomic E-state index is 0.339. The summed E-state index contributed by atoms with van der Waals surface area (Å²) in [7, 11) is 0. The summed E-state index contributed by atoms with van der Waals surface area (Å²) in [6, 6.07) is 3.92. The molecule has 0 bridgehead atoms. The molecule has 0 radical (unpaired) electrons. The van der Waals surface area contributed by atoms with Crippen LogP contribution in [-0.4, -0.2) is 18.7 Å². The molecule has 0 N–H and O–H groups in total. The first-order valence-corrected chi connectivity index (χ1v) is 6.35. The van der Waals surface area contributed by atoms with Crippen molar-refractivity contribution in [1.82, 2.24) is 0 Å². The predicted molar refractivity (Wildman–Crippen MR) is 70.3 cm³/mol. The molecule has 0 saturated carbocycles. The minimum Gasteiger partial charge on any atom is -0.478 e. The normalized spacial score (nSPS) is 12.1. The summed E-state index contributed by atoms with van der Waals surface area (Å²) in [4.78, 5) is 11.5. The lowest BCUT2D eigenvalue weighted by atomic mass is 10.1. The van der Waals surface area contributed by atoms with E-state index in [-0.39, 0.29) is 5.97 Å². The van der Waals surface area contributed by atoms with Gasteiger partial charge in [0.25, 0.3) is 0 Å². The highest BCUT2D eigenvalue weighted by atomic mass is 79.9. The Morgan fingerprint density at radius 3 is 2.35 bits per heavy atom. The molecule has 0 spiro atoms. The van der Waals surface area contributed by atoms with Crippen molar-refractivity contribution in [1.29, 1.82) is 0 Å². The molecule has 0 fully saturated rings. The van der Waals surface area contributed by atoms with Crippen LogP contribution in [0.25, 0.3) is 0 Å². The second-order valence-corrected chi connectivity index (χ2v) is 4.80. The molecular weight excluding hydrogens is 284 g/mol. The SMILES string of the molecule is CCOC(=O)[C@H](C)Oc1c(C)cc(Br)cc1C. The number of rotatable bonds is 4. The molecule has 0 unspecified atom stereocenters. The molecule has 0 aliphatic rings. The Morgan fingerprint density at radius 2 is 1.88 bits per heavy atom. The van der Waals surface area contributed by atoms with Crippen LogP contribution in [0.2, 0.25) is 0 Å². The third-order valence-electron chi connectivity index (χ3n) is 2.34. The zero-order valence-corrected chi connectivity index (χ0v) is 12.1. The number of aryl methyl sites for hydroxylation is 2. The van der Waals surface area contributed by atoms with Gasteiger partial charge in [-0.15, -0.1) is 0 Å². The fourth-order valence-corrected chi connectivity index (χ4v) is 2.25. The largest absolute Gasteiger partial charge is 0.478 e. The van der Waals surface area contributed by atoms with E-state index in [1.807, 2.05) is 26.0 Å². The summed E-state index contributed by atoms with van der Waals surface area (Å²) < 4.78 is 11.6.